The van der Waals surface area contributed by atoms with Gasteiger partial charge in [-0.2, -0.15) is 0 Å². The van der Waals surface area contributed by atoms with E-state index in [4.69, 9.17) is 5.73 Å². The van der Waals surface area contributed by atoms with Crippen LogP contribution in [0.2, 0.25) is 0 Å². The van der Waals surface area contributed by atoms with Crippen molar-refractivity contribution in [3.63, 3.8) is 0 Å². The average molecular weight is 186 g/mol. The summed E-state index contributed by atoms with van der Waals surface area (Å²) in [5, 5.41) is 0. The highest BCUT2D eigenvalue weighted by molar-refractivity contribution is 5.35. The first-order chi connectivity index (χ1) is 6.74. The second-order valence-corrected chi connectivity index (χ2v) is 3.60. The summed E-state index contributed by atoms with van der Waals surface area (Å²) in [6.45, 7) is 2.98. The molecule has 0 saturated carbocycles. The van der Waals surface area contributed by atoms with E-state index in [1.165, 1.54) is 11.1 Å². The third-order valence-electron chi connectivity index (χ3n) is 2.26. The van der Waals surface area contributed by atoms with Gasteiger partial charge in [-0.15, -0.1) is 0 Å². The van der Waals surface area contributed by atoms with Gasteiger partial charge in [-0.3, -0.25) is 0 Å². The van der Waals surface area contributed by atoms with E-state index in [2.05, 4.69) is 35.8 Å². The lowest BCUT2D eigenvalue weighted by molar-refractivity contribution is 0.806. The van der Waals surface area contributed by atoms with Crippen LogP contribution in [0, 0.1) is 6.92 Å². The molecular formula is C12H14N2. The first-order valence-corrected chi connectivity index (χ1v) is 4.71. The van der Waals surface area contributed by atoms with Gasteiger partial charge in [0.05, 0.1) is 0 Å². The maximum Gasteiger partial charge on any atom is 0.0493 e. The first kappa shape index (κ1) is 8.88. The Morgan fingerprint density at radius 2 is 1.86 bits per heavy atom. The van der Waals surface area contributed by atoms with Crippen molar-refractivity contribution in [1.29, 1.82) is 0 Å². The zero-order valence-electron chi connectivity index (χ0n) is 8.27. The van der Waals surface area contributed by atoms with Crippen LogP contribution in [-0.2, 0) is 6.54 Å². The van der Waals surface area contributed by atoms with E-state index in [-0.39, 0.29) is 0 Å². The number of nitrogen functional groups attached to an aromatic ring is 1. The smallest absolute Gasteiger partial charge is 0.0493 e. The van der Waals surface area contributed by atoms with Crippen LogP contribution >= 0.6 is 0 Å². The van der Waals surface area contributed by atoms with Crippen molar-refractivity contribution in [3.8, 4) is 0 Å². The van der Waals surface area contributed by atoms with E-state index in [1.54, 1.807) is 0 Å². The van der Waals surface area contributed by atoms with Crippen LogP contribution < -0.4 is 5.73 Å². The van der Waals surface area contributed by atoms with Gasteiger partial charge < -0.3 is 10.3 Å². The number of anilines is 1. The summed E-state index contributed by atoms with van der Waals surface area (Å²) in [5.74, 6) is 0. The van der Waals surface area contributed by atoms with E-state index in [0.717, 1.165) is 12.2 Å². The molecule has 0 radical (unpaired) electrons. The molecule has 0 spiro atoms. The lowest BCUT2D eigenvalue weighted by Crippen LogP contribution is -1.96. The fourth-order valence-electron chi connectivity index (χ4n) is 1.46. The van der Waals surface area contributed by atoms with Crippen LogP contribution in [0.3, 0.4) is 0 Å². The standard InChI is InChI=1S/C12H14N2/c1-10-2-4-11(5-3-10)8-14-7-6-12(13)9-14/h2-7,9H,8,13H2,1H3. The minimum Gasteiger partial charge on any atom is -0.398 e. The van der Waals surface area contributed by atoms with Gasteiger partial charge in [-0.1, -0.05) is 29.8 Å². The topological polar surface area (TPSA) is 30.9 Å². The van der Waals surface area contributed by atoms with Gasteiger partial charge in [0.2, 0.25) is 0 Å². The summed E-state index contributed by atoms with van der Waals surface area (Å²) in [6.07, 6.45) is 3.94. The van der Waals surface area contributed by atoms with Gasteiger partial charge in [-0.05, 0) is 18.6 Å². The van der Waals surface area contributed by atoms with Crippen LogP contribution in [0.1, 0.15) is 11.1 Å². The van der Waals surface area contributed by atoms with Crippen LogP contribution in [0.15, 0.2) is 42.7 Å². The Hall–Kier alpha value is -1.70. The van der Waals surface area contributed by atoms with E-state index in [0.29, 0.717) is 0 Å². The Morgan fingerprint density at radius 1 is 1.14 bits per heavy atom. The maximum absolute atomic E-state index is 5.64. The molecule has 1 aromatic heterocycles. The third kappa shape index (κ3) is 1.96. The number of benzene rings is 1. The molecule has 0 saturated heterocycles. The summed E-state index contributed by atoms with van der Waals surface area (Å²) in [7, 11) is 0. The quantitative estimate of drug-likeness (QED) is 0.767. The Labute approximate surface area is 84.0 Å². The monoisotopic (exact) mass is 186 g/mol. The summed E-state index contributed by atoms with van der Waals surface area (Å²) in [5.41, 5.74) is 9.04. The maximum atomic E-state index is 5.64. The number of hydrogen-bond acceptors (Lipinski definition) is 1. The molecule has 2 N–H and O–H groups in total. The van der Waals surface area contributed by atoms with Gasteiger partial charge in [0.25, 0.3) is 0 Å². The predicted molar refractivity (Wildman–Crippen MR) is 59.1 cm³/mol. The van der Waals surface area contributed by atoms with Gasteiger partial charge in [0, 0.05) is 24.6 Å². The Bertz CT molecular complexity index is 412. The Morgan fingerprint density at radius 3 is 2.43 bits per heavy atom. The molecule has 2 heteroatoms. The number of hydrogen-bond donors (Lipinski definition) is 1. The number of nitrogens with zero attached hydrogens (tertiary/aromatic N) is 1. The summed E-state index contributed by atoms with van der Waals surface area (Å²) < 4.78 is 2.08. The fraction of sp³-hybridized carbons (Fsp3) is 0.167. The zero-order valence-corrected chi connectivity index (χ0v) is 8.27. The molecule has 0 amide bonds. The van der Waals surface area contributed by atoms with Crippen molar-refractivity contribution < 1.29 is 0 Å². The minimum atomic E-state index is 0.817. The van der Waals surface area contributed by atoms with Gasteiger partial charge in [-0.25, -0.2) is 0 Å². The zero-order chi connectivity index (χ0) is 9.97. The number of nitrogens with two attached hydrogens (primary N) is 1. The van der Waals surface area contributed by atoms with Crippen LogP contribution in [0.5, 0.6) is 0 Å². The predicted octanol–water partition coefficient (Wildman–Crippen LogP) is 2.43. The van der Waals surface area contributed by atoms with E-state index in [1.807, 2.05) is 18.5 Å². The van der Waals surface area contributed by atoms with Gasteiger partial charge in [0.1, 0.15) is 0 Å². The Balaban J connectivity index is 2.15. The molecule has 0 aliphatic heterocycles. The molecule has 2 aromatic rings. The molecule has 1 aromatic carbocycles. The van der Waals surface area contributed by atoms with Crippen molar-refractivity contribution in [2.24, 2.45) is 0 Å². The first-order valence-electron chi connectivity index (χ1n) is 4.71. The molecule has 0 aliphatic rings. The molecule has 2 nitrogen and oxygen atoms in total. The fourth-order valence-corrected chi connectivity index (χ4v) is 1.46. The molecule has 14 heavy (non-hydrogen) atoms. The molecule has 1 heterocycles. The van der Waals surface area contributed by atoms with Crippen molar-refractivity contribution in [2.45, 2.75) is 13.5 Å². The number of aryl methyl sites for hydroxylation is 1. The second kappa shape index (κ2) is 3.58. The molecule has 0 atom stereocenters. The van der Waals surface area contributed by atoms with Crippen molar-refractivity contribution >= 4 is 5.69 Å². The third-order valence-corrected chi connectivity index (χ3v) is 2.26. The molecule has 0 unspecified atom stereocenters. The lowest BCUT2D eigenvalue weighted by atomic mass is 10.1. The number of aromatic nitrogens is 1. The minimum absolute atomic E-state index is 0.817. The number of rotatable bonds is 2. The van der Waals surface area contributed by atoms with Crippen molar-refractivity contribution in [1.82, 2.24) is 4.57 Å². The molecule has 0 aliphatic carbocycles. The van der Waals surface area contributed by atoms with E-state index in [9.17, 15) is 0 Å². The molecular weight excluding hydrogens is 172 g/mol. The Kier molecular flexibility index (Phi) is 2.27. The van der Waals surface area contributed by atoms with Crippen LogP contribution in [0.25, 0.3) is 0 Å². The highest BCUT2D eigenvalue weighted by atomic mass is 14.9. The molecule has 2 rings (SSSR count). The van der Waals surface area contributed by atoms with Gasteiger partial charge in [0.15, 0.2) is 0 Å². The van der Waals surface area contributed by atoms with E-state index < -0.39 is 0 Å². The van der Waals surface area contributed by atoms with Crippen molar-refractivity contribution in [3.05, 3.63) is 53.9 Å². The molecule has 72 valence electrons. The summed E-state index contributed by atoms with van der Waals surface area (Å²) in [4.78, 5) is 0. The molecule has 0 bridgehead atoms. The largest absolute Gasteiger partial charge is 0.398 e. The SMILES string of the molecule is Cc1ccc(Cn2ccc(N)c2)cc1. The average Bonchev–Trinajstić information content (AvgIpc) is 2.56. The summed E-state index contributed by atoms with van der Waals surface area (Å²) in [6, 6.07) is 10.5. The highest BCUT2D eigenvalue weighted by Crippen LogP contribution is 2.08. The van der Waals surface area contributed by atoms with Crippen molar-refractivity contribution in [2.75, 3.05) is 5.73 Å². The van der Waals surface area contributed by atoms with Gasteiger partial charge >= 0.3 is 0 Å². The normalized spacial score (nSPS) is 10.4. The second-order valence-electron chi connectivity index (χ2n) is 3.60. The van der Waals surface area contributed by atoms with Crippen LogP contribution in [0.4, 0.5) is 5.69 Å². The van der Waals surface area contributed by atoms with Crippen LogP contribution in [-0.4, -0.2) is 4.57 Å². The lowest BCUT2D eigenvalue weighted by Gasteiger charge is -2.03. The van der Waals surface area contributed by atoms with E-state index >= 15 is 0 Å². The molecule has 0 fully saturated rings. The summed E-state index contributed by atoms with van der Waals surface area (Å²) >= 11 is 0. The highest BCUT2D eigenvalue weighted by Gasteiger charge is 1.95.